The van der Waals surface area contributed by atoms with Crippen LogP contribution in [0.5, 0.6) is 0 Å². The molecule has 28 heavy (non-hydrogen) atoms. The van der Waals surface area contributed by atoms with Gasteiger partial charge in [0.15, 0.2) is 0 Å². The summed E-state index contributed by atoms with van der Waals surface area (Å²) in [5.41, 5.74) is 5.88. The SMILES string of the molecule is c1ccc(-c2cnc(-c3ccccc3)c(-c3ccc4ccccc4c3)n2)cc1. The predicted molar refractivity (Wildman–Crippen MR) is 116 cm³/mol. The lowest BCUT2D eigenvalue weighted by molar-refractivity contribution is 1.21. The molecule has 0 aliphatic carbocycles. The van der Waals surface area contributed by atoms with Crippen LogP contribution in [0.25, 0.3) is 44.5 Å². The van der Waals surface area contributed by atoms with Crippen molar-refractivity contribution in [2.24, 2.45) is 0 Å². The smallest absolute Gasteiger partial charge is 0.0972 e. The van der Waals surface area contributed by atoms with Crippen molar-refractivity contribution >= 4 is 10.8 Å². The maximum Gasteiger partial charge on any atom is 0.0972 e. The van der Waals surface area contributed by atoms with Crippen LogP contribution in [0, 0.1) is 0 Å². The third kappa shape index (κ3) is 3.06. The van der Waals surface area contributed by atoms with E-state index < -0.39 is 0 Å². The van der Waals surface area contributed by atoms with Gasteiger partial charge in [0.25, 0.3) is 0 Å². The summed E-state index contributed by atoms with van der Waals surface area (Å²) in [7, 11) is 0. The first-order valence-corrected chi connectivity index (χ1v) is 9.35. The average Bonchev–Trinajstić information content (AvgIpc) is 2.79. The third-order valence-corrected chi connectivity index (χ3v) is 4.91. The van der Waals surface area contributed by atoms with Gasteiger partial charge in [-0.15, -0.1) is 0 Å². The molecule has 0 saturated heterocycles. The lowest BCUT2D eigenvalue weighted by atomic mass is 10.0. The van der Waals surface area contributed by atoms with Crippen LogP contribution in [0.1, 0.15) is 0 Å². The second-order valence-corrected chi connectivity index (χ2v) is 6.75. The van der Waals surface area contributed by atoms with Gasteiger partial charge in [0, 0.05) is 16.7 Å². The molecule has 5 rings (SSSR count). The molecule has 132 valence electrons. The van der Waals surface area contributed by atoms with Gasteiger partial charge in [0.05, 0.1) is 23.3 Å². The van der Waals surface area contributed by atoms with Crippen molar-refractivity contribution in [3.63, 3.8) is 0 Å². The Morgan fingerprint density at radius 1 is 0.464 bits per heavy atom. The highest BCUT2D eigenvalue weighted by atomic mass is 14.8. The second kappa shape index (κ2) is 7.09. The van der Waals surface area contributed by atoms with Crippen LogP contribution in [0.2, 0.25) is 0 Å². The normalized spacial score (nSPS) is 10.9. The molecule has 0 atom stereocenters. The second-order valence-electron chi connectivity index (χ2n) is 6.75. The minimum absolute atomic E-state index is 0.878. The highest BCUT2D eigenvalue weighted by Crippen LogP contribution is 2.32. The number of nitrogens with zero attached hydrogens (tertiary/aromatic N) is 2. The Labute approximate surface area is 164 Å². The lowest BCUT2D eigenvalue weighted by Gasteiger charge is -2.12. The van der Waals surface area contributed by atoms with E-state index in [1.807, 2.05) is 42.6 Å². The molecule has 1 aromatic heterocycles. The van der Waals surface area contributed by atoms with Crippen LogP contribution < -0.4 is 0 Å². The van der Waals surface area contributed by atoms with E-state index in [1.54, 1.807) is 0 Å². The average molecular weight is 358 g/mol. The molecule has 5 aromatic rings. The number of rotatable bonds is 3. The van der Waals surface area contributed by atoms with Crippen LogP contribution in [-0.2, 0) is 0 Å². The summed E-state index contributed by atoms with van der Waals surface area (Å²) in [6, 6.07) is 35.3. The Bertz CT molecular complexity index is 1250. The highest BCUT2D eigenvalue weighted by molar-refractivity contribution is 5.89. The lowest BCUT2D eigenvalue weighted by Crippen LogP contribution is -1.96. The monoisotopic (exact) mass is 358 g/mol. The van der Waals surface area contributed by atoms with Gasteiger partial charge in [-0.2, -0.15) is 0 Å². The Morgan fingerprint density at radius 3 is 1.86 bits per heavy atom. The number of fused-ring (bicyclic) bond motifs is 1. The van der Waals surface area contributed by atoms with E-state index in [1.165, 1.54) is 10.8 Å². The van der Waals surface area contributed by atoms with E-state index in [9.17, 15) is 0 Å². The first kappa shape index (κ1) is 16.4. The minimum Gasteiger partial charge on any atom is -0.252 e. The van der Waals surface area contributed by atoms with Crippen LogP contribution in [0.4, 0.5) is 0 Å². The zero-order valence-corrected chi connectivity index (χ0v) is 15.3. The number of aromatic nitrogens is 2. The van der Waals surface area contributed by atoms with Crippen molar-refractivity contribution in [1.29, 1.82) is 0 Å². The largest absolute Gasteiger partial charge is 0.252 e. The Balaban J connectivity index is 1.74. The summed E-state index contributed by atoms with van der Waals surface area (Å²) >= 11 is 0. The van der Waals surface area contributed by atoms with Crippen molar-refractivity contribution in [2.45, 2.75) is 0 Å². The summed E-state index contributed by atoms with van der Waals surface area (Å²) < 4.78 is 0. The van der Waals surface area contributed by atoms with E-state index in [2.05, 4.69) is 66.7 Å². The van der Waals surface area contributed by atoms with Gasteiger partial charge < -0.3 is 0 Å². The fourth-order valence-electron chi connectivity index (χ4n) is 3.48. The molecule has 4 aromatic carbocycles. The molecule has 0 radical (unpaired) electrons. The maximum atomic E-state index is 5.03. The standard InChI is InChI=1S/C26H18N2/c1-3-10-20(11-4-1)24-18-27-25(21-12-5-2-6-13-21)26(28-24)23-16-15-19-9-7-8-14-22(19)17-23/h1-18H. The molecular weight excluding hydrogens is 340 g/mol. The first-order chi connectivity index (χ1) is 13.9. The van der Waals surface area contributed by atoms with E-state index in [4.69, 9.17) is 9.97 Å². The van der Waals surface area contributed by atoms with Gasteiger partial charge in [-0.1, -0.05) is 97.1 Å². The summed E-state index contributed by atoms with van der Waals surface area (Å²) in [5, 5.41) is 2.42. The molecule has 0 saturated carbocycles. The molecule has 1 heterocycles. The van der Waals surface area contributed by atoms with Gasteiger partial charge in [0.1, 0.15) is 0 Å². The predicted octanol–water partition coefficient (Wildman–Crippen LogP) is 6.63. The molecule has 0 unspecified atom stereocenters. The van der Waals surface area contributed by atoms with Crippen LogP contribution in [0.3, 0.4) is 0 Å². The molecule has 0 fully saturated rings. The van der Waals surface area contributed by atoms with Gasteiger partial charge >= 0.3 is 0 Å². The van der Waals surface area contributed by atoms with Gasteiger partial charge in [-0.3, -0.25) is 4.98 Å². The van der Waals surface area contributed by atoms with Crippen LogP contribution in [0.15, 0.2) is 109 Å². The van der Waals surface area contributed by atoms with Crippen molar-refractivity contribution < 1.29 is 0 Å². The molecule has 0 bridgehead atoms. The third-order valence-electron chi connectivity index (χ3n) is 4.91. The maximum absolute atomic E-state index is 5.03. The topological polar surface area (TPSA) is 25.8 Å². The van der Waals surface area contributed by atoms with E-state index in [0.717, 1.165) is 33.8 Å². The zero-order valence-electron chi connectivity index (χ0n) is 15.3. The number of hydrogen-bond acceptors (Lipinski definition) is 2. The Hall–Kier alpha value is -3.78. The molecule has 2 heteroatoms. The summed E-state index contributed by atoms with van der Waals surface area (Å²) in [4.78, 5) is 9.85. The molecule has 0 N–H and O–H groups in total. The van der Waals surface area contributed by atoms with Gasteiger partial charge in [0.2, 0.25) is 0 Å². The first-order valence-electron chi connectivity index (χ1n) is 9.35. The van der Waals surface area contributed by atoms with E-state index >= 15 is 0 Å². The summed E-state index contributed by atoms with van der Waals surface area (Å²) in [6.07, 6.45) is 1.86. The molecule has 0 spiro atoms. The van der Waals surface area contributed by atoms with E-state index in [-0.39, 0.29) is 0 Å². The fourth-order valence-corrected chi connectivity index (χ4v) is 3.48. The Kier molecular flexibility index (Phi) is 4.15. The molecule has 0 amide bonds. The van der Waals surface area contributed by atoms with Crippen LogP contribution in [-0.4, -0.2) is 9.97 Å². The summed E-state index contributed by atoms with van der Waals surface area (Å²) in [5.74, 6) is 0. The number of hydrogen-bond donors (Lipinski definition) is 0. The quantitative estimate of drug-likeness (QED) is 0.362. The summed E-state index contributed by atoms with van der Waals surface area (Å²) in [6.45, 7) is 0. The molecular formula is C26H18N2. The zero-order chi connectivity index (χ0) is 18.8. The Morgan fingerprint density at radius 2 is 1.11 bits per heavy atom. The van der Waals surface area contributed by atoms with Crippen molar-refractivity contribution in [3.8, 4) is 33.8 Å². The van der Waals surface area contributed by atoms with Gasteiger partial charge in [-0.05, 0) is 16.8 Å². The van der Waals surface area contributed by atoms with Crippen molar-refractivity contribution in [2.75, 3.05) is 0 Å². The van der Waals surface area contributed by atoms with Gasteiger partial charge in [-0.25, -0.2) is 4.98 Å². The molecule has 0 aliphatic rings. The molecule has 0 aliphatic heterocycles. The molecule has 2 nitrogen and oxygen atoms in total. The van der Waals surface area contributed by atoms with Crippen molar-refractivity contribution in [1.82, 2.24) is 9.97 Å². The van der Waals surface area contributed by atoms with E-state index in [0.29, 0.717) is 0 Å². The van der Waals surface area contributed by atoms with Crippen LogP contribution >= 0.6 is 0 Å². The number of benzene rings is 4. The minimum atomic E-state index is 0.878. The fraction of sp³-hybridized carbons (Fsp3) is 0. The highest BCUT2D eigenvalue weighted by Gasteiger charge is 2.13. The van der Waals surface area contributed by atoms with Crippen molar-refractivity contribution in [3.05, 3.63) is 109 Å².